The molecule has 1 amide bonds. The van der Waals surface area contributed by atoms with Gasteiger partial charge in [0.2, 0.25) is 5.91 Å². The Bertz CT molecular complexity index is 1620. The number of nitrogens with zero attached hydrogens (tertiary/aromatic N) is 6. The summed E-state index contributed by atoms with van der Waals surface area (Å²) in [5, 5.41) is 12.4. The van der Waals surface area contributed by atoms with Crippen molar-refractivity contribution in [1.82, 2.24) is 29.1 Å². The van der Waals surface area contributed by atoms with Gasteiger partial charge in [-0.15, -0.1) is 0 Å². The number of carbonyl (C=O) groups is 1. The van der Waals surface area contributed by atoms with Crippen LogP contribution in [0, 0.1) is 6.92 Å². The van der Waals surface area contributed by atoms with E-state index in [0.717, 1.165) is 22.6 Å². The number of benzene rings is 2. The summed E-state index contributed by atoms with van der Waals surface area (Å²) in [4.78, 5) is 30.6. The number of hydrogen-bond donors (Lipinski definition) is 1. The predicted octanol–water partition coefficient (Wildman–Crippen LogP) is 4.01. The van der Waals surface area contributed by atoms with Crippen LogP contribution in [0.5, 0.6) is 0 Å². The molecule has 3 aromatic heterocycles. The average molecular weight is 482 g/mol. The van der Waals surface area contributed by atoms with Crippen LogP contribution in [0.4, 0.5) is 5.82 Å². The van der Waals surface area contributed by atoms with E-state index >= 15 is 0 Å². The SMILES string of the molecule is Cc1ccccc1-n1ncc2c(=O)n(CC(=O)Nc3cc(C(C)(C)C)nn3-c3ccccc3)cnc21. The molecule has 36 heavy (non-hydrogen) atoms. The van der Waals surface area contributed by atoms with E-state index in [2.05, 4.69) is 36.2 Å². The maximum absolute atomic E-state index is 13.1. The predicted molar refractivity (Wildman–Crippen MR) is 139 cm³/mol. The van der Waals surface area contributed by atoms with Crippen LogP contribution in [0.1, 0.15) is 32.0 Å². The molecule has 0 bridgehead atoms. The first-order chi connectivity index (χ1) is 17.2. The fourth-order valence-electron chi connectivity index (χ4n) is 3.98. The second-order valence-corrected chi connectivity index (χ2v) is 9.72. The molecule has 0 saturated heterocycles. The number of para-hydroxylation sites is 2. The summed E-state index contributed by atoms with van der Waals surface area (Å²) in [7, 11) is 0. The lowest BCUT2D eigenvalue weighted by atomic mass is 9.92. The van der Waals surface area contributed by atoms with Crippen LogP contribution in [0.25, 0.3) is 22.4 Å². The first-order valence-corrected chi connectivity index (χ1v) is 11.7. The number of anilines is 1. The Morgan fingerprint density at radius 2 is 1.72 bits per heavy atom. The molecule has 5 rings (SSSR count). The van der Waals surface area contributed by atoms with Gasteiger partial charge < -0.3 is 5.32 Å². The zero-order valence-electron chi connectivity index (χ0n) is 20.6. The first kappa shape index (κ1) is 23.2. The third-order valence-corrected chi connectivity index (χ3v) is 5.96. The summed E-state index contributed by atoms with van der Waals surface area (Å²) in [6, 6.07) is 19.2. The standard InChI is InChI=1S/C27H27N7O2/c1-18-10-8-9-13-21(18)34-25-20(15-29-34)26(36)32(17-28-25)16-24(35)30-23-14-22(27(2,3)4)31-33(23)19-11-6-5-7-12-19/h5-15,17H,16H2,1-4H3,(H,30,35). The lowest BCUT2D eigenvalue weighted by Crippen LogP contribution is -2.28. The second kappa shape index (κ2) is 8.92. The molecule has 0 saturated carbocycles. The highest BCUT2D eigenvalue weighted by atomic mass is 16.2. The van der Waals surface area contributed by atoms with Crippen LogP contribution in [0.2, 0.25) is 0 Å². The van der Waals surface area contributed by atoms with Gasteiger partial charge in [-0.3, -0.25) is 14.2 Å². The van der Waals surface area contributed by atoms with Crippen molar-refractivity contribution in [2.45, 2.75) is 39.7 Å². The van der Waals surface area contributed by atoms with Crippen LogP contribution < -0.4 is 10.9 Å². The van der Waals surface area contributed by atoms with Crippen LogP contribution >= 0.6 is 0 Å². The highest BCUT2D eigenvalue weighted by molar-refractivity contribution is 5.90. The van der Waals surface area contributed by atoms with Crippen molar-refractivity contribution in [3.8, 4) is 11.4 Å². The van der Waals surface area contributed by atoms with Gasteiger partial charge in [-0.05, 0) is 30.7 Å². The third-order valence-electron chi connectivity index (χ3n) is 5.96. The van der Waals surface area contributed by atoms with Gasteiger partial charge in [0.15, 0.2) is 5.65 Å². The van der Waals surface area contributed by atoms with E-state index in [0.29, 0.717) is 16.9 Å². The van der Waals surface area contributed by atoms with E-state index in [9.17, 15) is 9.59 Å². The topological polar surface area (TPSA) is 99.6 Å². The van der Waals surface area contributed by atoms with Crippen molar-refractivity contribution in [3.05, 3.63) is 94.8 Å². The molecule has 1 N–H and O–H groups in total. The Kier molecular flexibility index (Phi) is 5.75. The smallest absolute Gasteiger partial charge is 0.264 e. The van der Waals surface area contributed by atoms with Crippen LogP contribution in [-0.4, -0.2) is 35.0 Å². The van der Waals surface area contributed by atoms with E-state index < -0.39 is 0 Å². The summed E-state index contributed by atoms with van der Waals surface area (Å²) in [6.07, 6.45) is 2.88. The van der Waals surface area contributed by atoms with Gasteiger partial charge in [0.1, 0.15) is 24.1 Å². The molecule has 0 unspecified atom stereocenters. The Morgan fingerprint density at radius 3 is 2.44 bits per heavy atom. The molecule has 9 heteroatoms. The van der Waals surface area contributed by atoms with Crippen molar-refractivity contribution in [2.75, 3.05) is 5.32 Å². The number of hydrogen-bond acceptors (Lipinski definition) is 5. The first-order valence-electron chi connectivity index (χ1n) is 11.7. The van der Waals surface area contributed by atoms with E-state index in [1.54, 1.807) is 9.36 Å². The monoisotopic (exact) mass is 481 g/mol. The van der Waals surface area contributed by atoms with Gasteiger partial charge in [0, 0.05) is 11.5 Å². The summed E-state index contributed by atoms with van der Waals surface area (Å²) in [5.41, 5.74) is 3.43. The molecule has 5 aromatic rings. The molecule has 182 valence electrons. The van der Waals surface area contributed by atoms with Gasteiger partial charge in [-0.2, -0.15) is 10.2 Å². The number of aryl methyl sites for hydroxylation is 1. The van der Waals surface area contributed by atoms with E-state index in [-0.39, 0.29) is 23.4 Å². The molecule has 0 atom stereocenters. The molecule has 0 spiro atoms. The van der Waals surface area contributed by atoms with E-state index in [1.165, 1.54) is 17.1 Å². The molecule has 2 aromatic carbocycles. The fraction of sp³-hybridized carbons (Fsp3) is 0.222. The molecular weight excluding hydrogens is 454 g/mol. The molecule has 0 radical (unpaired) electrons. The molecule has 0 aliphatic carbocycles. The maximum atomic E-state index is 13.1. The average Bonchev–Trinajstić information content (AvgIpc) is 3.47. The van der Waals surface area contributed by atoms with Gasteiger partial charge >= 0.3 is 0 Å². The Hall–Kier alpha value is -4.53. The van der Waals surface area contributed by atoms with Crippen molar-refractivity contribution < 1.29 is 4.79 Å². The van der Waals surface area contributed by atoms with Gasteiger partial charge in [0.25, 0.3) is 5.56 Å². The summed E-state index contributed by atoms with van der Waals surface area (Å²) in [6.45, 7) is 7.97. The van der Waals surface area contributed by atoms with Crippen LogP contribution in [0.3, 0.4) is 0 Å². The largest absolute Gasteiger partial charge is 0.309 e. The summed E-state index contributed by atoms with van der Waals surface area (Å²) < 4.78 is 4.63. The number of aromatic nitrogens is 6. The zero-order chi connectivity index (χ0) is 25.4. The minimum absolute atomic E-state index is 0.192. The third kappa shape index (κ3) is 4.31. The van der Waals surface area contributed by atoms with Gasteiger partial charge in [-0.25, -0.2) is 14.3 Å². The lowest BCUT2D eigenvalue weighted by molar-refractivity contribution is -0.116. The Labute approximate surface area is 208 Å². The maximum Gasteiger partial charge on any atom is 0.264 e. The molecule has 3 heterocycles. The number of fused-ring (bicyclic) bond motifs is 1. The van der Waals surface area contributed by atoms with Crippen molar-refractivity contribution >= 4 is 22.8 Å². The minimum atomic E-state index is -0.359. The molecule has 0 fully saturated rings. The minimum Gasteiger partial charge on any atom is -0.309 e. The lowest BCUT2D eigenvalue weighted by Gasteiger charge is -2.14. The molecular formula is C27H27N7O2. The summed E-state index contributed by atoms with van der Waals surface area (Å²) >= 11 is 0. The Balaban J connectivity index is 1.44. The second-order valence-electron chi connectivity index (χ2n) is 9.72. The fourth-order valence-corrected chi connectivity index (χ4v) is 3.98. The zero-order valence-corrected chi connectivity index (χ0v) is 20.6. The number of rotatable bonds is 5. The molecule has 0 aliphatic heterocycles. The van der Waals surface area contributed by atoms with Crippen molar-refractivity contribution in [2.24, 2.45) is 0 Å². The number of carbonyl (C=O) groups excluding carboxylic acids is 1. The summed E-state index contributed by atoms with van der Waals surface area (Å²) in [5.74, 6) is 0.174. The van der Waals surface area contributed by atoms with Gasteiger partial charge in [0.05, 0.1) is 23.3 Å². The number of amides is 1. The van der Waals surface area contributed by atoms with E-state index in [4.69, 9.17) is 5.10 Å². The van der Waals surface area contributed by atoms with E-state index in [1.807, 2.05) is 67.6 Å². The van der Waals surface area contributed by atoms with Crippen molar-refractivity contribution in [3.63, 3.8) is 0 Å². The highest BCUT2D eigenvalue weighted by Gasteiger charge is 2.22. The quantitative estimate of drug-likeness (QED) is 0.409. The van der Waals surface area contributed by atoms with Crippen LogP contribution in [0.15, 0.2) is 78.0 Å². The Morgan fingerprint density at radius 1 is 1.00 bits per heavy atom. The molecule has 0 aliphatic rings. The molecule has 9 nitrogen and oxygen atoms in total. The van der Waals surface area contributed by atoms with Crippen molar-refractivity contribution in [1.29, 1.82) is 0 Å². The highest BCUT2D eigenvalue weighted by Crippen LogP contribution is 2.26. The normalized spacial score (nSPS) is 11.7. The van der Waals surface area contributed by atoms with Crippen LogP contribution in [-0.2, 0) is 16.8 Å². The van der Waals surface area contributed by atoms with Gasteiger partial charge in [-0.1, -0.05) is 57.2 Å². The number of nitrogens with one attached hydrogen (secondary N) is 1.